The van der Waals surface area contributed by atoms with E-state index in [9.17, 15) is 8.42 Å². The molecule has 2 rings (SSSR count). The molecule has 1 aliphatic heterocycles. The van der Waals surface area contributed by atoms with Gasteiger partial charge in [0.15, 0.2) is 5.96 Å². The fraction of sp³-hybridized carbons (Fsp3) is 0.733. The second kappa shape index (κ2) is 7.81. The molecule has 0 spiro atoms. The predicted molar refractivity (Wildman–Crippen MR) is 92.3 cm³/mol. The van der Waals surface area contributed by atoms with Gasteiger partial charge in [0.2, 0.25) is 0 Å². The Balaban J connectivity index is 1.91. The number of hydrogen-bond acceptors (Lipinski definition) is 4. The van der Waals surface area contributed by atoms with Crippen molar-refractivity contribution in [2.45, 2.75) is 25.8 Å². The van der Waals surface area contributed by atoms with Gasteiger partial charge < -0.3 is 14.8 Å². The fourth-order valence-electron chi connectivity index (χ4n) is 2.96. The van der Waals surface area contributed by atoms with Crippen molar-refractivity contribution in [2.75, 3.05) is 38.7 Å². The first-order chi connectivity index (χ1) is 10.9. The number of nitrogens with one attached hydrogen (secondary N) is 1. The normalized spacial score (nSPS) is 23.1. The Hall–Kier alpha value is -1.57. The zero-order valence-corrected chi connectivity index (χ0v) is 15.0. The van der Waals surface area contributed by atoms with Gasteiger partial charge in [0.05, 0.1) is 18.1 Å². The molecule has 1 fully saturated rings. The summed E-state index contributed by atoms with van der Waals surface area (Å²) < 4.78 is 24.5. The van der Waals surface area contributed by atoms with Crippen LogP contribution in [0.15, 0.2) is 23.7 Å². The van der Waals surface area contributed by atoms with Crippen molar-refractivity contribution in [2.24, 2.45) is 10.9 Å². The number of imidazole rings is 1. The summed E-state index contributed by atoms with van der Waals surface area (Å²) in [6.07, 6.45) is 8.63. The number of sulfone groups is 1. The highest BCUT2D eigenvalue weighted by atomic mass is 32.2. The van der Waals surface area contributed by atoms with Gasteiger partial charge in [0.25, 0.3) is 0 Å². The van der Waals surface area contributed by atoms with Crippen LogP contribution in [0.4, 0.5) is 0 Å². The number of hydrogen-bond donors (Lipinski definition) is 1. The zero-order chi connectivity index (χ0) is 16.9. The second-order valence-corrected chi connectivity index (χ2v) is 8.51. The molecular weight excluding hydrogens is 314 g/mol. The molecule has 23 heavy (non-hydrogen) atoms. The molecular formula is C15H27N5O2S. The highest BCUT2D eigenvalue weighted by Gasteiger charge is 2.28. The maximum Gasteiger partial charge on any atom is 0.193 e. The van der Waals surface area contributed by atoms with E-state index in [4.69, 9.17) is 0 Å². The number of nitrogens with zero attached hydrogens (tertiary/aromatic N) is 4. The average molecular weight is 341 g/mol. The van der Waals surface area contributed by atoms with Crippen LogP contribution >= 0.6 is 0 Å². The van der Waals surface area contributed by atoms with Gasteiger partial charge in [0.1, 0.15) is 9.84 Å². The van der Waals surface area contributed by atoms with Gasteiger partial charge in [-0.2, -0.15) is 0 Å². The number of likely N-dealkylation sites (tertiary alicyclic amines) is 1. The molecule has 0 amide bonds. The average Bonchev–Trinajstić information content (AvgIpc) is 3.01. The molecule has 0 radical (unpaired) electrons. The SMILES string of the molecule is CN=C(NCCCS(C)(=O)=O)N1CCC(C)C(n2ccnc2)C1. The van der Waals surface area contributed by atoms with E-state index in [0.29, 0.717) is 24.9 Å². The molecule has 1 aliphatic rings. The summed E-state index contributed by atoms with van der Waals surface area (Å²) in [7, 11) is -1.14. The van der Waals surface area contributed by atoms with Crippen LogP contribution in [0, 0.1) is 5.92 Å². The standard InChI is InChI=1S/C15H27N5O2S/c1-13-5-8-19(11-14(13)20-9-7-17-12-20)15(16-2)18-6-4-10-23(3,21)22/h7,9,12-14H,4-6,8,10-11H2,1-3H3,(H,16,18). The first-order valence-electron chi connectivity index (χ1n) is 8.01. The van der Waals surface area contributed by atoms with Crippen molar-refractivity contribution in [3.63, 3.8) is 0 Å². The number of guanidine groups is 1. The molecule has 8 heteroatoms. The van der Waals surface area contributed by atoms with Crippen LogP contribution in [-0.4, -0.2) is 67.5 Å². The van der Waals surface area contributed by atoms with Crippen molar-refractivity contribution in [1.82, 2.24) is 19.8 Å². The summed E-state index contributed by atoms with van der Waals surface area (Å²) in [5, 5.41) is 3.28. The molecule has 1 aromatic heterocycles. The Morgan fingerprint density at radius 1 is 1.48 bits per heavy atom. The van der Waals surface area contributed by atoms with Gasteiger partial charge >= 0.3 is 0 Å². The van der Waals surface area contributed by atoms with Gasteiger partial charge in [-0.1, -0.05) is 6.92 Å². The molecule has 0 aliphatic carbocycles. The van der Waals surface area contributed by atoms with Crippen molar-refractivity contribution < 1.29 is 8.42 Å². The highest BCUT2D eigenvalue weighted by Crippen LogP contribution is 2.27. The molecule has 1 N–H and O–H groups in total. The van der Waals surface area contributed by atoms with E-state index in [2.05, 4.69) is 31.7 Å². The minimum absolute atomic E-state index is 0.200. The maximum atomic E-state index is 11.2. The fourth-order valence-corrected chi connectivity index (χ4v) is 3.63. The Bertz CT molecular complexity index is 612. The van der Waals surface area contributed by atoms with Crippen molar-refractivity contribution in [1.29, 1.82) is 0 Å². The molecule has 0 bridgehead atoms. The molecule has 2 atom stereocenters. The van der Waals surface area contributed by atoms with E-state index < -0.39 is 9.84 Å². The number of rotatable bonds is 5. The van der Waals surface area contributed by atoms with Crippen LogP contribution in [0.2, 0.25) is 0 Å². The topological polar surface area (TPSA) is 79.6 Å². The maximum absolute atomic E-state index is 11.2. The van der Waals surface area contributed by atoms with E-state index in [1.807, 2.05) is 18.7 Å². The Kier molecular flexibility index (Phi) is 6.04. The third-order valence-electron chi connectivity index (χ3n) is 4.31. The Morgan fingerprint density at radius 2 is 2.26 bits per heavy atom. The quantitative estimate of drug-likeness (QED) is 0.486. The largest absolute Gasteiger partial charge is 0.356 e. The van der Waals surface area contributed by atoms with Gasteiger partial charge in [-0.15, -0.1) is 0 Å². The molecule has 0 aromatic carbocycles. The summed E-state index contributed by atoms with van der Waals surface area (Å²) in [5.41, 5.74) is 0. The van der Waals surface area contributed by atoms with Crippen LogP contribution < -0.4 is 5.32 Å². The number of piperidine rings is 1. The molecule has 0 saturated carbocycles. The Labute approximate surface area is 138 Å². The van der Waals surface area contributed by atoms with Crippen LogP contribution in [0.5, 0.6) is 0 Å². The minimum atomic E-state index is -2.90. The lowest BCUT2D eigenvalue weighted by atomic mass is 9.93. The third-order valence-corrected chi connectivity index (χ3v) is 5.34. The lowest BCUT2D eigenvalue weighted by Crippen LogP contribution is -2.49. The first kappa shape index (κ1) is 17.8. The molecule has 1 saturated heterocycles. The van der Waals surface area contributed by atoms with E-state index in [1.165, 1.54) is 6.26 Å². The molecule has 2 heterocycles. The monoisotopic (exact) mass is 341 g/mol. The summed E-state index contributed by atoms with van der Waals surface area (Å²) in [6.45, 7) is 4.72. The Morgan fingerprint density at radius 3 is 2.87 bits per heavy atom. The van der Waals surface area contributed by atoms with Crippen LogP contribution in [-0.2, 0) is 9.84 Å². The van der Waals surface area contributed by atoms with Gasteiger partial charge in [-0.3, -0.25) is 4.99 Å². The van der Waals surface area contributed by atoms with E-state index >= 15 is 0 Å². The lowest BCUT2D eigenvalue weighted by Gasteiger charge is -2.39. The molecule has 1 aromatic rings. The minimum Gasteiger partial charge on any atom is -0.356 e. The van der Waals surface area contributed by atoms with Crippen LogP contribution in [0.25, 0.3) is 0 Å². The first-order valence-corrected chi connectivity index (χ1v) is 10.1. The van der Waals surface area contributed by atoms with E-state index in [-0.39, 0.29) is 5.75 Å². The second-order valence-electron chi connectivity index (χ2n) is 6.25. The highest BCUT2D eigenvalue weighted by molar-refractivity contribution is 7.90. The van der Waals surface area contributed by atoms with E-state index in [0.717, 1.165) is 25.5 Å². The summed E-state index contributed by atoms with van der Waals surface area (Å²) >= 11 is 0. The molecule has 130 valence electrons. The van der Waals surface area contributed by atoms with E-state index in [1.54, 1.807) is 7.05 Å². The summed E-state index contributed by atoms with van der Waals surface area (Å²) in [4.78, 5) is 10.7. The van der Waals surface area contributed by atoms with Crippen LogP contribution in [0.3, 0.4) is 0 Å². The van der Waals surface area contributed by atoms with Crippen molar-refractivity contribution >= 4 is 15.8 Å². The zero-order valence-electron chi connectivity index (χ0n) is 14.1. The van der Waals surface area contributed by atoms with Gasteiger partial charge in [0, 0.05) is 45.3 Å². The smallest absolute Gasteiger partial charge is 0.193 e. The van der Waals surface area contributed by atoms with Crippen molar-refractivity contribution in [3.8, 4) is 0 Å². The van der Waals surface area contributed by atoms with Crippen molar-refractivity contribution in [3.05, 3.63) is 18.7 Å². The van der Waals surface area contributed by atoms with Crippen LogP contribution in [0.1, 0.15) is 25.8 Å². The summed E-state index contributed by atoms with van der Waals surface area (Å²) in [6, 6.07) is 0.376. The lowest BCUT2D eigenvalue weighted by molar-refractivity contribution is 0.189. The molecule has 2 unspecified atom stereocenters. The number of aliphatic imine (C=N–C) groups is 1. The molecule has 7 nitrogen and oxygen atoms in total. The van der Waals surface area contributed by atoms with Gasteiger partial charge in [-0.25, -0.2) is 13.4 Å². The van der Waals surface area contributed by atoms with Gasteiger partial charge in [-0.05, 0) is 18.8 Å². The third kappa shape index (κ3) is 5.23. The number of aromatic nitrogens is 2. The predicted octanol–water partition coefficient (Wildman–Crippen LogP) is 0.776. The summed E-state index contributed by atoms with van der Waals surface area (Å²) in [5.74, 6) is 1.63.